The first-order valence-corrected chi connectivity index (χ1v) is 8.96. The molecule has 0 saturated heterocycles. The van der Waals surface area contributed by atoms with Crippen molar-refractivity contribution in [3.63, 3.8) is 0 Å². The van der Waals surface area contributed by atoms with Gasteiger partial charge < -0.3 is 9.64 Å². The van der Waals surface area contributed by atoms with Crippen LogP contribution in [0.15, 0.2) is 71.8 Å². The summed E-state index contributed by atoms with van der Waals surface area (Å²) < 4.78 is 5.57. The molecule has 0 aliphatic carbocycles. The van der Waals surface area contributed by atoms with Gasteiger partial charge in [0.2, 0.25) is 5.91 Å². The lowest BCUT2D eigenvalue weighted by Crippen LogP contribution is -2.30. The van der Waals surface area contributed by atoms with Crippen molar-refractivity contribution in [2.24, 2.45) is 5.10 Å². The summed E-state index contributed by atoms with van der Waals surface area (Å²) in [6.45, 7) is 1.70. The summed E-state index contributed by atoms with van der Waals surface area (Å²) in [5.74, 6) is 0.193. The number of nitrogens with one attached hydrogen (secondary N) is 1. The van der Waals surface area contributed by atoms with E-state index in [-0.39, 0.29) is 18.4 Å². The highest BCUT2D eigenvalue weighted by atomic mass is 16.5. The van der Waals surface area contributed by atoms with Crippen LogP contribution in [0.5, 0.6) is 5.75 Å². The Morgan fingerprint density at radius 3 is 2.61 bits per heavy atom. The molecule has 2 amide bonds. The maximum atomic E-state index is 12.1. The van der Waals surface area contributed by atoms with Crippen LogP contribution in [0.1, 0.15) is 12.5 Å². The summed E-state index contributed by atoms with van der Waals surface area (Å²) in [6, 6.07) is 21.1. The number of carbonyl (C=O) groups excluding carboxylic acids is 2. The molecular formula is C22H19N3O3. The molecule has 6 nitrogen and oxygen atoms in total. The smallest absolute Gasteiger partial charge is 0.277 e. The molecule has 0 unspecified atom stereocenters. The van der Waals surface area contributed by atoms with E-state index in [1.165, 1.54) is 6.92 Å². The summed E-state index contributed by atoms with van der Waals surface area (Å²) in [4.78, 5) is 25.6. The van der Waals surface area contributed by atoms with Gasteiger partial charge in [0, 0.05) is 12.5 Å². The molecule has 3 aromatic carbocycles. The van der Waals surface area contributed by atoms with Crippen LogP contribution in [0, 0.1) is 0 Å². The fraction of sp³-hybridized carbons (Fsp3) is 0.136. The summed E-state index contributed by atoms with van der Waals surface area (Å²) >= 11 is 0. The molecule has 0 radical (unpaired) electrons. The fourth-order valence-electron chi connectivity index (χ4n) is 3.22. The average Bonchev–Trinajstić information content (AvgIpc) is 3.10. The van der Waals surface area contributed by atoms with Gasteiger partial charge in [0.15, 0.2) is 6.61 Å². The van der Waals surface area contributed by atoms with E-state index in [4.69, 9.17) is 4.74 Å². The lowest BCUT2D eigenvalue weighted by molar-refractivity contribution is -0.123. The molecule has 6 heteroatoms. The van der Waals surface area contributed by atoms with E-state index in [1.807, 2.05) is 66.7 Å². The first kappa shape index (κ1) is 17.7. The standard InChI is InChI=1S/C22H19N3O3/c1-15(26)25-13-20(19-8-4-5-9-21(19)25)23-24-22(27)14-28-18-11-10-16-6-2-3-7-17(16)12-18/h2-12H,13-14H2,1H3,(H,24,27)/b23-20-. The molecule has 1 aliphatic rings. The maximum Gasteiger partial charge on any atom is 0.277 e. The Hall–Kier alpha value is -3.67. The number of hydrazone groups is 1. The van der Waals surface area contributed by atoms with E-state index in [9.17, 15) is 9.59 Å². The Labute approximate surface area is 162 Å². The maximum absolute atomic E-state index is 12.1. The molecule has 0 saturated carbocycles. The quantitative estimate of drug-likeness (QED) is 0.715. The number of rotatable bonds is 4. The van der Waals surface area contributed by atoms with Crippen molar-refractivity contribution in [1.29, 1.82) is 0 Å². The topological polar surface area (TPSA) is 71.0 Å². The Morgan fingerprint density at radius 2 is 1.79 bits per heavy atom. The molecule has 1 aliphatic heterocycles. The molecule has 1 heterocycles. The molecule has 0 atom stereocenters. The van der Waals surface area contributed by atoms with Gasteiger partial charge in [-0.15, -0.1) is 0 Å². The number of ether oxygens (including phenoxy) is 1. The van der Waals surface area contributed by atoms with E-state index in [0.29, 0.717) is 18.0 Å². The number of nitrogens with zero attached hydrogens (tertiary/aromatic N) is 2. The summed E-state index contributed by atoms with van der Waals surface area (Å²) in [5.41, 5.74) is 4.80. The van der Waals surface area contributed by atoms with E-state index in [0.717, 1.165) is 22.0 Å². The van der Waals surface area contributed by atoms with Crippen molar-refractivity contribution in [2.45, 2.75) is 6.92 Å². The van der Waals surface area contributed by atoms with E-state index in [2.05, 4.69) is 10.5 Å². The van der Waals surface area contributed by atoms with Crippen molar-refractivity contribution in [3.05, 3.63) is 72.3 Å². The zero-order valence-corrected chi connectivity index (χ0v) is 15.4. The van der Waals surface area contributed by atoms with Gasteiger partial charge >= 0.3 is 0 Å². The van der Waals surface area contributed by atoms with Crippen molar-refractivity contribution >= 4 is 34.0 Å². The van der Waals surface area contributed by atoms with Crippen LogP contribution in [0.25, 0.3) is 10.8 Å². The molecule has 0 spiro atoms. The zero-order valence-electron chi connectivity index (χ0n) is 15.4. The molecule has 28 heavy (non-hydrogen) atoms. The molecule has 4 rings (SSSR count). The number of para-hydroxylation sites is 1. The van der Waals surface area contributed by atoms with Crippen LogP contribution in [-0.4, -0.2) is 30.7 Å². The minimum absolute atomic E-state index is 0.0661. The van der Waals surface area contributed by atoms with Crippen LogP contribution in [0.2, 0.25) is 0 Å². The van der Waals surface area contributed by atoms with Crippen molar-refractivity contribution in [3.8, 4) is 5.75 Å². The third-order valence-electron chi connectivity index (χ3n) is 4.60. The van der Waals surface area contributed by atoms with Crippen LogP contribution >= 0.6 is 0 Å². The van der Waals surface area contributed by atoms with Gasteiger partial charge in [-0.05, 0) is 29.0 Å². The molecule has 1 N–H and O–H groups in total. The highest BCUT2D eigenvalue weighted by Gasteiger charge is 2.27. The number of anilines is 1. The molecule has 140 valence electrons. The first-order chi connectivity index (χ1) is 13.6. The van der Waals surface area contributed by atoms with Crippen LogP contribution in [0.4, 0.5) is 5.69 Å². The van der Waals surface area contributed by atoms with E-state index >= 15 is 0 Å². The van der Waals surface area contributed by atoms with Gasteiger partial charge in [-0.3, -0.25) is 9.59 Å². The Bertz CT molecular complexity index is 1090. The number of carbonyl (C=O) groups is 2. The number of hydrogen-bond acceptors (Lipinski definition) is 4. The third kappa shape index (κ3) is 3.57. The molecule has 0 fully saturated rings. The Kier molecular flexibility index (Phi) is 4.76. The zero-order chi connectivity index (χ0) is 19.5. The van der Waals surface area contributed by atoms with Crippen LogP contribution in [-0.2, 0) is 9.59 Å². The fourth-order valence-corrected chi connectivity index (χ4v) is 3.22. The van der Waals surface area contributed by atoms with Crippen LogP contribution in [0.3, 0.4) is 0 Å². The van der Waals surface area contributed by atoms with Gasteiger partial charge in [-0.25, -0.2) is 5.43 Å². The lowest BCUT2D eigenvalue weighted by atomic mass is 10.1. The van der Waals surface area contributed by atoms with Gasteiger partial charge in [0.1, 0.15) is 5.75 Å². The van der Waals surface area contributed by atoms with Crippen LogP contribution < -0.4 is 15.1 Å². The normalized spacial score (nSPS) is 14.2. The molecule has 3 aromatic rings. The number of fused-ring (bicyclic) bond motifs is 2. The molecular weight excluding hydrogens is 354 g/mol. The van der Waals surface area contributed by atoms with Gasteiger partial charge in [0.05, 0.1) is 17.9 Å². The van der Waals surface area contributed by atoms with Gasteiger partial charge in [0.25, 0.3) is 5.91 Å². The van der Waals surface area contributed by atoms with Crippen molar-refractivity contribution in [1.82, 2.24) is 5.43 Å². The van der Waals surface area contributed by atoms with E-state index in [1.54, 1.807) is 4.90 Å². The highest BCUT2D eigenvalue weighted by molar-refractivity contribution is 6.17. The second-order valence-electron chi connectivity index (χ2n) is 6.51. The first-order valence-electron chi connectivity index (χ1n) is 8.96. The summed E-state index contributed by atoms with van der Waals surface area (Å²) in [6.07, 6.45) is 0. The average molecular weight is 373 g/mol. The van der Waals surface area contributed by atoms with E-state index < -0.39 is 0 Å². The SMILES string of the molecule is CC(=O)N1C/C(=N/NC(=O)COc2ccc3ccccc3c2)c2ccccc21. The van der Waals surface area contributed by atoms with Crippen molar-refractivity contribution in [2.75, 3.05) is 18.1 Å². The minimum Gasteiger partial charge on any atom is -0.484 e. The third-order valence-corrected chi connectivity index (χ3v) is 4.60. The highest BCUT2D eigenvalue weighted by Crippen LogP contribution is 2.27. The van der Waals surface area contributed by atoms with Gasteiger partial charge in [-0.2, -0.15) is 5.10 Å². The second kappa shape index (κ2) is 7.52. The van der Waals surface area contributed by atoms with Crippen molar-refractivity contribution < 1.29 is 14.3 Å². The second-order valence-corrected chi connectivity index (χ2v) is 6.51. The lowest BCUT2D eigenvalue weighted by Gasteiger charge is -2.13. The molecule has 0 bridgehead atoms. The monoisotopic (exact) mass is 373 g/mol. The number of amides is 2. The summed E-state index contributed by atoms with van der Waals surface area (Å²) in [5, 5.41) is 6.36. The summed E-state index contributed by atoms with van der Waals surface area (Å²) in [7, 11) is 0. The largest absolute Gasteiger partial charge is 0.484 e. The predicted molar refractivity (Wildman–Crippen MR) is 109 cm³/mol. The van der Waals surface area contributed by atoms with Gasteiger partial charge in [-0.1, -0.05) is 48.5 Å². The molecule has 0 aromatic heterocycles. The number of hydrogen-bond donors (Lipinski definition) is 1. The number of benzene rings is 3. The Balaban J connectivity index is 1.40. The minimum atomic E-state index is -0.362. The Morgan fingerprint density at radius 1 is 1.04 bits per heavy atom. The predicted octanol–water partition coefficient (Wildman–Crippen LogP) is 3.11.